The third-order valence-electron chi connectivity index (χ3n) is 2.36. The minimum Gasteiger partial charge on any atom is -0.462 e. The van der Waals surface area contributed by atoms with Crippen LogP contribution in [0.25, 0.3) is 0 Å². The van der Waals surface area contributed by atoms with Crippen molar-refractivity contribution in [3.05, 3.63) is 23.8 Å². The van der Waals surface area contributed by atoms with Gasteiger partial charge in [-0.2, -0.15) is 0 Å². The maximum absolute atomic E-state index is 11.6. The van der Waals surface area contributed by atoms with Gasteiger partial charge in [0.05, 0.1) is 12.2 Å². The van der Waals surface area contributed by atoms with Crippen LogP contribution in [-0.4, -0.2) is 25.5 Å². The normalized spacial score (nSPS) is 9.83. The number of nitrogens with one attached hydrogen (secondary N) is 1. The summed E-state index contributed by atoms with van der Waals surface area (Å²) in [5.41, 5.74) is 12.2. The average molecular weight is 251 g/mol. The van der Waals surface area contributed by atoms with Crippen molar-refractivity contribution in [2.45, 2.75) is 12.8 Å². The third kappa shape index (κ3) is 3.97. The first kappa shape index (κ1) is 13.8. The monoisotopic (exact) mass is 251 g/mol. The van der Waals surface area contributed by atoms with E-state index in [1.807, 2.05) is 0 Å². The number of carbonyl (C=O) groups is 2. The van der Waals surface area contributed by atoms with Gasteiger partial charge in [0.1, 0.15) is 0 Å². The van der Waals surface area contributed by atoms with Gasteiger partial charge in [0.25, 0.3) is 0 Å². The number of benzene rings is 1. The molecule has 1 aromatic carbocycles. The molecule has 0 bridgehead atoms. The van der Waals surface area contributed by atoms with E-state index in [1.165, 1.54) is 12.1 Å². The Kier molecular flexibility index (Phi) is 4.98. The van der Waals surface area contributed by atoms with Gasteiger partial charge in [0.2, 0.25) is 5.91 Å². The number of hydrogen-bond donors (Lipinski definition) is 3. The lowest BCUT2D eigenvalue weighted by atomic mass is 10.1. The zero-order chi connectivity index (χ0) is 13.5. The zero-order valence-corrected chi connectivity index (χ0v) is 10.2. The van der Waals surface area contributed by atoms with E-state index in [-0.39, 0.29) is 23.8 Å². The summed E-state index contributed by atoms with van der Waals surface area (Å²) in [6.07, 6.45) is 0.793. The highest BCUT2D eigenvalue weighted by atomic mass is 16.5. The lowest BCUT2D eigenvalue weighted by Crippen LogP contribution is -2.18. The molecule has 98 valence electrons. The highest BCUT2D eigenvalue weighted by Gasteiger charge is 2.11. The third-order valence-corrected chi connectivity index (χ3v) is 2.36. The highest BCUT2D eigenvalue weighted by molar-refractivity contribution is 5.95. The Labute approximate surface area is 105 Å². The number of anilines is 2. The quantitative estimate of drug-likeness (QED) is 0.402. The van der Waals surface area contributed by atoms with Gasteiger partial charge in [0.15, 0.2) is 0 Å². The van der Waals surface area contributed by atoms with Crippen molar-refractivity contribution < 1.29 is 14.3 Å². The second kappa shape index (κ2) is 6.48. The molecule has 0 aliphatic heterocycles. The van der Waals surface area contributed by atoms with E-state index in [9.17, 15) is 9.59 Å². The van der Waals surface area contributed by atoms with Gasteiger partial charge in [-0.15, -0.1) is 0 Å². The number of esters is 1. The van der Waals surface area contributed by atoms with Crippen molar-refractivity contribution in [3.8, 4) is 0 Å². The molecule has 1 rings (SSSR count). The lowest BCUT2D eigenvalue weighted by Gasteiger charge is -2.07. The molecule has 0 aliphatic carbocycles. The van der Waals surface area contributed by atoms with Gasteiger partial charge in [-0.3, -0.25) is 4.79 Å². The molecule has 1 amide bonds. The molecule has 5 N–H and O–H groups in total. The fraction of sp³-hybridized carbons (Fsp3) is 0.333. The Hall–Kier alpha value is -2.24. The fourth-order valence-corrected chi connectivity index (χ4v) is 1.37. The summed E-state index contributed by atoms with van der Waals surface area (Å²) in [5.74, 6) is -0.595. The Balaban J connectivity index is 2.43. The van der Waals surface area contributed by atoms with Gasteiger partial charge in [0, 0.05) is 24.8 Å². The number of carbonyl (C=O) groups excluding carboxylic acids is 2. The smallest absolute Gasteiger partial charge is 0.340 e. The number of rotatable bonds is 5. The molecule has 0 saturated heterocycles. The van der Waals surface area contributed by atoms with Crippen LogP contribution in [0.1, 0.15) is 23.2 Å². The average Bonchev–Trinajstić information content (AvgIpc) is 2.34. The summed E-state index contributed by atoms with van der Waals surface area (Å²) in [7, 11) is 1.56. The summed E-state index contributed by atoms with van der Waals surface area (Å²) in [5, 5.41) is 2.49. The first-order valence-electron chi connectivity index (χ1n) is 5.57. The maximum atomic E-state index is 11.6. The fourth-order valence-electron chi connectivity index (χ4n) is 1.37. The second-order valence-corrected chi connectivity index (χ2v) is 3.76. The number of nitrogens with two attached hydrogens (primary N) is 2. The summed E-state index contributed by atoms with van der Waals surface area (Å²) in [4.78, 5) is 22.6. The molecule has 18 heavy (non-hydrogen) atoms. The highest BCUT2D eigenvalue weighted by Crippen LogP contribution is 2.16. The van der Waals surface area contributed by atoms with Crippen molar-refractivity contribution >= 4 is 23.3 Å². The number of hydrogen-bond acceptors (Lipinski definition) is 5. The van der Waals surface area contributed by atoms with E-state index in [0.717, 1.165) is 0 Å². The SMILES string of the molecule is CNC(=O)CCCOC(=O)c1ccc(N)cc1N. The van der Waals surface area contributed by atoms with Gasteiger partial charge in [-0.25, -0.2) is 4.79 Å². The molecule has 6 heteroatoms. The maximum Gasteiger partial charge on any atom is 0.340 e. The van der Waals surface area contributed by atoms with E-state index < -0.39 is 5.97 Å². The van der Waals surface area contributed by atoms with Crippen LogP contribution in [0.15, 0.2) is 18.2 Å². The Morgan fingerprint density at radius 1 is 1.33 bits per heavy atom. The Morgan fingerprint density at radius 3 is 2.67 bits per heavy atom. The summed E-state index contributed by atoms with van der Waals surface area (Å²) < 4.78 is 5.00. The van der Waals surface area contributed by atoms with E-state index in [0.29, 0.717) is 18.5 Å². The predicted molar refractivity (Wildman–Crippen MR) is 68.9 cm³/mol. The molecule has 0 heterocycles. The van der Waals surface area contributed by atoms with Gasteiger partial charge < -0.3 is 21.5 Å². The largest absolute Gasteiger partial charge is 0.462 e. The van der Waals surface area contributed by atoms with Crippen LogP contribution in [0.3, 0.4) is 0 Å². The predicted octanol–water partition coefficient (Wildman–Crippen LogP) is 0.534. The Morgan fingerprint density at radius 2 is 2.06 bits per heavy atom. The lowest BCUT2D eigenvalue weighted by molar-refractivity contribution is -0.120. The van der Waals surface area contributed by atoms with Gasteiger partial charge >= 0.3 is 5.97 Å². The van der Waals surface area contributed by atoms with Gasteiger partial charge in [-0.1, -0.05) is 0 Å². The first-order chi connectivity index (χ1) is 8.54. The van der Waals surface area contributed by atoms with Crippen molar-refractivity contribution in [2.24, 2.45) is 0 Å². The van der Waals surface area contributed by atoms with E-state index in [2.05, 4.69) is 5.32 Å². The number of ether oxygens (including phenoxy) is 1. The molecular weight excluding hydrogens is 234 g/mol. The topological polar surface area (TPSA) is 107 Å². The van der Waals surface area contributed by atoms with Crippen molar-refractivity contribution in [1.82, 2.24) is 5.32 Å². The molecule has 0 saturated carbocycles. The molecule has 0 aliphatic rings. The minimum atomic E-state index is -0.510. The minimum absolute atomic E-state index is 0.0851. The van der Waals surface area contributed by atoms with Crippen molar-refractivity contribution in [2.75, 3.05) is 25.1 Å². The number of amides is 1. The van der Waals surface area contributed by atoms with Crippen LogP contribution >= 0.6 is 0 Å². The molecule has 0 spiro atoms. The summed E-state index contributed by atoms with van der Waals surface area (Å²) in [6.45, 7) is 0.177. The molecule has 0 radical (unpaired) electrons. The van der Waals surface area contributed by atoms with E-state index in [4.69, 9.17) is 16.2 Å². The zero-order valence-electron chi connectivity index (χ0n) is 10.2. The van der Waals surface area contributed by atoms with Crippen LogP contribution in [-0.2, 0) is 9.53 Å². The standard InChI is InChI=1S/C12H17N3O3/c1-15-11(16)3-2-6-18-12(17)9-5-4-8(13)7-10(9)14/h4-5,7H,2-3,6,13-14H2,1H3,(H,15,16). The van der Waals surface area contributed by atoms with E-state index >= 15 is 0 Å². The van der Waals surface area contributed by atoms with Crippen molar-refractivity contribution in [1.29, 1.82) is 0 Å². The molecule has 6 nitrogen and oxygen atoms in total. The molecule has 0 aromatic heterocycles. The first-order valence-corrected chi connectivity index (χ1v) is 5.57. The van der Waals surface area contributed by atoms with Crippen molar-refractivity contribution in [3.63, 3.8) is 0 Å². The van der Waals surface area contributed by atoms with Crippen LogP contribution in [0.2, 0.25) is 0 Å². The molecule has 1 aromatic rings. The van der Waals surface area contributed by atoms with Crippen LogP contribution in [0, 0.1) is 0 Å². The summed E-state index contributed by atoms with van der Waals surface area (Å²) >= 11 is 0. The summed E-state index contributed by atoms with van der Waals surface area (Å²) in [6, 6.07) is 4.60. The van der Waals surface area contributed by atoms with Crippen LogP contribution in [0.5, 0.6) is 0 Å². The number of nitrogen functional groups attached to an aromatic ring is 2. The van der Waals surface area contributed by atoms with Crippen LogP contribution < -0.4 is 16.8 Å². The van der Waals surface area contributed by atoms with E-state index in [1.54, 1.807) is 13.1 Å². The Bertz CT molecular complexity index is 446. The molecule has 0 fully saturated rings. The van der Waals surface area contributed by atoms with Gasteiger partial charge in [-0.05, 0) is 24.6 Å². The second-order valence-electron chi connectivity index (χ2n) is 3.76. The molecular formula is C12H17N3O3. The molecule has 0 unspecified atom stereocenters. The van der Waals surface area contributed by atoms with Crippen LogP contribution in [0.4, 0.5) is 11.4 Å². The molecule has 0 atom stereocenters.